The van der Waals surface area contributed by atoms with Crippen molar-refractivity contribution in [2.24, 2.45) is 0 Å². The second-order valence-corrected chi connectivity index (χ2v) is 7.64. The zero-order chi connectivity index (χ0) is 21.3. The highest BCUT2D eigenvalue weighted by atomic mass is 16.3. The molecule has 0 unspecified atom stereocenters. The maximum absolute atomic E-state index is 12.6. The minimum absolute atomic E-state index is 0.00657. The summed E-state index contributed by atoms with van der Waals surface area (Å²) in [7, 11) is 1.74. The van der Waals surface area contributed by atoms with Gasteiger partial charge in [0.2, 0.25) is 11.8 Å². The lowest BCUT2D eigenvalue weighted by Crippen LogP contribution is -2.24. The number of carbonyl (C=O) groups is 2. The van der Waals surface area contributed by atoms with E-state index in [0.29, 0.717) is 18.8 Å². The SMILES string of the molecule is Cc1c(CN(C)C(=O)/C=C/c2cnc3c(c2)N[C@H](C)CC(=O)N3)oc2ccccc12. The Labute approximate surface area is 174 Å². The summed E-state index contributed by atoms with van der Waals surface area (Å²) in [5.74, 6) is 1.08. The highest BCUT2D eigenvalue weighted by Crippen LogP contribution is 2.27. The quantitative estimate of drug-likeness (QED) is 0.643. The van der Waals surface area contributed by atoms with Crippen molar-refractivity contribution in [3.05, 3.63) is 59.5 Å². The average molecular weight is 404 g/mol. The summed E-state index contributed by atoms with van der Waals surface area (Å²) >= 11 is 0. The zero-order valence-corrected chi connectivity index (χ0v) is 17.2. The number of rotatable bonds is 4. The molecule has 0 saturated heterocycles. The van der Waals surface area contributed by atoms with E-state index in [1.165, 1.54) is 6.08 Å². The van der Waals surface area contributed by atoms with Crippen LogP contribution in [0.25, 0.3) is 17.0 Å². The maximum Gasteiger partial charge on any atom is 0.246 e. The number of para-hydroxylation sites is 1. The van der Waals surface area contributed by atoms with Crippen molar-refractivity contribution in [3.8, 4) is 0 Å². The molecule has 7 nitrogen and oxygen atoms in total. The van der Waals surface area contributed by atoms with Crippen LogP contribution in [0.2, 0.25) is 0 Å². The van der Waals surface area contributed by atoms with Crippen molar-refractivity contribution in [2.45, 2.75) is 32.9 Å². The van der Waals surface area contributed by atoms with Gasteiger partial charge < -0.3 is 20.0 Å². The molecule has 2 aromatic heterocycles. The number of pyridine rings is 1. The summed E-state index contributed by atoms with van der Waals surface area (Å²) < 4.78 is 5.90. The molecule has 1 aromatic carbocycles. The lowest BCUT2D eigenvalue weighted by molar-refractivity contribution is -0.125. The van der Waals surface area contributed by atoms with Gasteiger partial charge in [0, 0.05) is 42.7 Å². The highest BCUT2D eigenvalue weighted by Gasteiger charge is 2.18. The van der Waals surface area contributed by atoms with Gasteiger partial charge in [-0.15, -0.1) is 0 Å². The molecule has 30 heavy (non-hydrogen) atoms. The van der Waals surface area contributed by atoms with E-state index in [0.717, 1.165) is 33.5 Å². The predicted octanol–water partition coefficient (Wildman–Crippen LogP) is 3.95. The molecule has 0 fully saturated rings. The largest absolute Gasteiger partial charge is 0.459 e. The van der Waals surface area contributed by atoms with Crippen molar-refractivity contribution in [3.63, 3.8) is 0 Å². The second-order valence-electron chi connectivity index (χ2n) is 7.64. The molecule has 2 N–H and O–H groups in total. The fourth-order valence-corrected chi connectivity index (χ4v) is 3.52. The number of amides is 2. The number of hydrogen-bond acceptors (Lipinski definition) is 5. The Morgan fingerprint density at radius 1 is 1.37 bits per heavy atom. The van der Waals surface area contributed by atoms with Gasteiger partial charge >= 0.3 is 0 Å². The van der Waals surface area contributed by atoms with Crippen LogP contribution in [-0.2, 0) is 16.1 Å². The summed E-state index contributed by atoms with van der Waals surface area (Å²) in [6.45, 7) is 4.33. The van der Waals surface area contributed by atoms with Crippen molar-refractivity contribution in [1.29, 1.82) is 0 Å². The summed E-state index contributed by atoms with van der Waals surface area (Å²) in [4.78, 5) is 30.3. The number of aromatic nitrogens is 1. The Hall–Kier alpha value is -3.61. The van der Waals surface area contributed by atoms with E-state index in [4.69, 9.17) is 4.42 Å². The van der Waals surface area contributed by atoms with Crippen LogP contribution in [0, 0.1) is 6.92 Å². The number of furan rings is 1. The number of fused-ring (bicyclic) bond motifs is 2. The topological polar surface area (TPSA) is 87.5 Å². The molecule has 0 spiro atoms. The van der Waals surface area contributed by atoms with E-state index in [1.54, 1.807) is 24.2 Å². The van der Waals surface area contributed by atoms with Gasteiger partial charge in [-0.25, -0.2) is 4.98 Å². The number of carbonyl (C=O) groups excluding carboxylic acids is 2. The van der Waals surface area contributed by atoms with Crippen LogP contribution >= 0.6 is 0 Å². The Morgan fingerprint density at radius 3 is 2.97 bits per heavy atom. The first-order chi connectivity index (χ1) is 14.4. The van der Waals surface area contributed by atoms with Crippen LogP contribution in [0.15, 0.2) is 47.0 Å². The lowest BCUT2D eigenvalue weighted by atomic mass is 10.1. The lowest BCUT2D eigenvalue weighted by Gasteiger charge is -2.14. The molecule has 2 amide bonds. The Bertz CT molecular complexity index is 1150. The monoisotopic (exact) mass is 404 g/mol. The summed E-state index contributed by atoms with van der Waals surface area (Å²) in [6, 6.07) is 9.73. The van der Waals surface area contributed by atoms with Gasteiger partial charge in [0.1, 0.15) is 11.3 Å². The summed E-state index contributed by atoms with van der Waals surface area (Å²) in [6.07, 6.45) is 5.24. The number of nitrogens with zero attached hydrogens (tertiary/aromatic N) is 2. The zero-order valence-electron chi connectivity index (χ0n) is 17.2. The molecule has 0 radical (unpaired) electrons. The average Bonchev–Trinajstić information content (AvgIpc) is 2.94. The Kier molecular flexibility index (Phi) is 5.27. The molecule has 0 aliphatic carbocycles. The molecular formula is C23H24N4O3. The predicted molar refractivity (Wildman–Crippen MR) is 117 cm³/mol. The van der Waals surface area contributed by atoms with E-state index >= 15 is 0 Å². The van der Waals surface area contributed by atoms with Gasteiger partial charge in [-0.3, -0.25) is 9.59 Å². The fraction of sp³-hybridized carbons (Fsp3) is 0.261. The molecular weight excluding hydrogens is 380 g/mol. The van der Waals surface area contributed by atoms with Gasteiger partial charge in [-0.05, 0) is 37.6 Å². The first kappa shape index (κ1) is 19.7. The second kappa shape index (κ2) is 8.02. The van der Waals surface area contributed by atoms with Gasteiger partial charge in [0.05, 0.1) is 12.2 Å². The van der Waals surface area contributed by atoms with Crippen LogP contribution < -0.4 is 10.6 Å². The number of hydrogen-bond donors (Lipinski definition) is 2. The smallest absolute Gasteiger partial charge is 0.246 e. The van der Waals surface area contributed by atoms with Gasteiger partial charge in [-0.1, -0.05) is 18.2 Å². The molecule has 0 bridgehead atoms. The third kappa shape index (κ3) is 4.05. The van der Waals surface area contributed by atoms with Crippen LogP contribution in [0.5, 0.6) is 0 Å². The Morgan fingerprint density at radius 2 is 2.17 bits per heavy atom. The van der Waals surface area contributed by atoms with Crippen LogP contribution in [-0.4, -0.2) is 34.8 Å². The van der Waals surface area contributed by atoms with Gasteiger partial charge in [0.15, 0.2) is 5.82 Å². The molecule has 1 aliphatic heterocycles. The normalized spacial score (nSPS) is 16.1. The molecule has 0 saturated carbocycles. The van der Waals surface area contributed by atoms with Crippen LogP contribution in [0.4, 0.5) is 11.5 Å². The van der Waals surface area contributed by atoms with Crippen molar-refractivity contribution < 1.29 is 14.0 Å². The van der Waals surface area contributed by atoms with Crippen molar-refractivity contribution in [2.75, 3.05) is 17.7 Å². The van der Waals surface area contributed by atoms with Crippen LogP contribution in [0.3, 0.4) is 0 Å². The van der Waals surface area contributed by atoms with Crippen LogP contribution in [0.1, 0.15) is 30.2 Å². The standard InChI is InChI=1S/C23H24N4O3/c1-14-10-21(28)26-23-18(25-14)11-16(12-24-23)8-9-22(29)27(3)13-20-15(2)17-6-4-5-7-19(17)30-20/h4-9,11-12,14,25H,10,13H2,1-3H3,(H,24,26,28)/b9-8+/t14-/m1/s1. The number of benzene rings is 1. The third-order valence-corrected chi connectivity index (χ3v) is 5.18. The first-order valence-electron chi connectivity index (χ1n) is 9.87. The van der Waals surface area contributed by atoms with Gasteiger partial charge in [-0.2, -0.15) is 0 Å². The van der Waals surface area contributed by atoms with Crippen molar-refractivity contribution >= 4 is 40.4 Å². The summed E-state index contributed by atoms with van der Waals surface area (Å²) in [5, 5.41) is 7.12. The first-order valence-corrected chi connectivity index (χ1v) is 9.87. The minimum Gasteiger partial charge on any atom is -0.459 e. The molecule has 1 atom stereocenters. The maximum atomic E-state index is 12.6. The third-order valence-electron chi connectivity index (χ3n) is 5.18. The molecule has 154 valence electrons. The molecule has 1 aliphatic rings. The van der Waals surface area contributed by atoms with E-state index in [-0.39, 0.29) is 17.9 Å². The van der Waals surface area contributed by atoms with E-state index in [2.05, 4.69) is 15.6 Å². The molecule has 4 rings (SSSR count). The van der Waals surface area contributed by atoms with E-state index in [9.17, 15) is 9.59 Å². The number of nitrogens with one attached hydrogen (secondary N) is 2. The minimum atomic E-state index is -0.139. The number of likely N-dealkylation sites (N-methyl/N-ethyl adjacent to an activating group) is 1. The van der Waals surface area contributed by atoms with E-state index < -0.39 is 0 Å². The highest BCUT2D eigenvalue weighted by molar-refractivity contribution is 5.96. The van der Waals surface area contributed by atoms with E-state index in [1.807, 2.05) is 44.2 Å². The number of aryl methyl sites for hydroxylation is 1. The molecule has 7 heteroatoms. The van der Waals surface area contributed by atoms with Gasteiger partial charge in [0.25, 0.3) is 0 Å². The van der Waals surface area contributed by atoms with Crippen molar-refractivity contribution in [1.82, 2.24) is 9.88 Å². The fourth-order valence-electron chi connectivity index (χ4n) is 3.52. The molecule has 3 heterocycles. The summed E-state index contributed by atoms with van der Waals surface area (Å²) in [5.41, 5.74) is 3.39. The number of anilines is 2. The molecule has 3 aromatic rings. The Balaban J connectivity index is 1.46.